The predicted octanol–water partition coefficient (Wildman–Crippen LogP) is 1.18. The van der Waals surface area contributed by atoms with Gasteiger partial charge < -0.3 is 9.64 Å². The minimum atomic E-state index is 0.345. The number of methoxy groups -OCH3 is 1. The lowest BCUT2D eigenvalue weighted by Gasteiger charge is -2.05. The van der Waals surface area contributed by atoms with Crippen molar-refractivity contribution in [2.75, 3.05) is 21.2 Å². The van der Waals surface area contributed by atoms with Crippen molar-refractivity contribution in [3.8, 4) is 11.8 Å². The number of hydrogen-bond donors (Lipinski definition) is 0. The molecule has 0 fully saturated rings. The fourth-order valence-electron chi connectivity index (χ4n) is 0.977. The molecule has 1 aromatic heterocycles. The Balaban J connectivity index is 3.13. The van der Waals surface area contributed by atoms with E-state index in [4.69, 9.17) is 10.00 Å². The van der Waals surface area contributed by atoms with Crippen LogP contribution in [-0.4, -0.2) is 37.4 Å². The average Bonchev–Trinajstić information content (AvgIpc) is 2.25. The first kappa shape index (κ1) is 11.0. The molecule has 0 amide bonds. The predicted molar refractivity (Wildman–Crippen MR) is 57.3 cm³/mol. The molecule has 0 saturated carbocycles. The monoisotopic (exact) mass is 204 g/mol. The van der Waals surface area contributed by atoms with Gasteiger partial charge in [0, 0.05) is 20.3 Å². The summed E-state index contributed by atoms with van der Waals surface area (Å²) in [6, 6.07) is 3.65. The molecule has 0 atom stereocenters. The SMILES string of the molecule is COc1ccnc(/N=C/N(C)C)c1C#N. The van der Waals surface area contributed by atoms with Crippen molar-refractivity contribution in [2.45, 2.75) is 0 Å². The highest BCUT2D eigenvalue weighted by molar-refractivity contribution is 5.64. The third kappa shape index (κ3) is 2.68. The van der Waals surface area contributed by atoms with Gasteiger partial charge in [-0.15, -0.1) is 0 Å². The standard InChI is InChI=1S/C10H12N4O/c1-14(2)7-13-10-8(6-11)9(15-3)4-5-12-10/h4-5,7H,1-3H3/b13-7+. The van der Waals surface area contributed by atoms with Crippen LogP contribution in [0, 0.1) is 11.3 Å². The van der Waals surface area contributed by atoms with Gasteiger partial charge in [-0.25, -0.2) is 9.98 Å². The van der Waals surface area contributed by atoms with E-state index in [1.807, 2.05) is 20.2 Å². The van der Waals surface area contributed by atoms with Crippen molar-refractivity contribution in [1.82, 2.24) is 9.88 Å². The van der Waals surface area contributed by atoms with Crippen LogP contribution in [0.3, 0.4) is 0 Å². The number of ether oxygens (including phenoxy) is 1. The van der Waals surface area contributed by atoms with Gasteiger partial charge in [-0.05, 0) is 6.07 Å². The highest BCUT2D eigenvalue weighted by Crippen LogP contribution is 2.24. The summed E-state index contributed by atoms with van der Waals surface area (Å²) in [4.78, 5) is 9.84. The van der Waals surface area contributed by atoms with Crippen LogP contribution >= 0.6 is 0 Å². The largest absolute Gasteiger partial charge is 0.495 e. The third-order valence-electron chi connectivity index (χ3n) is 1.64. The Morgan fingerprint density at radius 1 is 1.60 bits per heavy atom. The van der Waals surface area contributed by atoms with E-state index in [9.17, 15) is 0 Å². The molecule has 1 aromatic rings. The van der Waals surface area contributed by atoms with E-state index >= 15 is 0 Å². The molecule has 78 valence electrons. The number of rotatable bonds is 3. The molecule has 0 N–H and O–H groups in total. The fraction of sp³-hybridized carbons (Fsp3) is 0.300. The summed E-state index contributed by atoms with van der Waals surface area (Å²) < 4.78 is 5.03. The summed E-state index contributed by atoms with van der Waals surface area (Å²) in [6.07, 6.45) is 3.14. The van der Waals surface area contributed by atoms with E-state index in [-0.39, 0.29) is 0 Å². The second-order valence-corrected chi connectivity index (χ2v) is 3.03. The van der Waals surface area contributed by atoms with Gasteiger partial charge in [0.15, 0.2) is 5.82 Å². The molecule has 0 spiro atoms. The first-order valence-electron chi connectivity index (χ1n) is 4.32. The van der Waals surface area contributed by atoms with Gasteiger partial charge in [0.05, 0.1) is 13.4 Å². The summed E-state index contributed by atoms with van der Waals surface area (Å²) >= 11 is 0. The van der Waals surface area contributed by atoms with Crippen LogP contribution in [-0.2, 0) is 0 Å². The molecular formula is C10H12N4O. The zero-order chi connectivity index (χ0) is 11.3. The normalized spacial score (nSPS) is 10.0. The molecule has 5 nitrogen and oxygen atoms in total. The lowest BCUT2D eigenvalue weighted by Crippen LogP contribution is -2.07. The maximum Gasteiger partial charge on any atom is 0.175 e. The van der Waals surface area contributed by atoms with Gasteiger partial charge in [-0.2, -0.15) is 5.26 Å². The molecule has 5 heteroatoms. The van der Waals surface area contributed by atoms with Crippen LogP contribution in [0.4, 0.5) is 5.82 Å². The zero-order valence-corrected chi connectivity index (χ0v) is 8.93. The Morgan fingerprint density at radius 2 is 2.33 bits per heavy atom. The summed E-state index contributed by atoms with van der Waals surface area (Å²) in [6.45, 7) is 0. The van der Waals surface area contributed by atoms with Crippen LogP contribution in [0.25, 0.3) is 0 Å². The molecule has 1 heterocycles. The fourth-order valence-corrected chi connectivity index (χ4v) is 0.977. The summed E-state index contributed by atoms with van der Waals surface area (Å²) in [5, 5.41) is 8.94. The van der Waals surface area contributed by atoms with E-state index in [2.05, 4.69) is 9.98 Å². The van der Waals surface area contributed by atoms with Gasteiger partial charge in [-0.3, -0.25) is 0 Å². The molecule has 0 unspecified atom stereocenters. The second kappa shape index (κ2) is 4.96. The highest BCUT2D eigenvalue weighted by Gasteiger charge is 2.08. The van der Waals surface area contributed by atoms with Crippen LogP contribution in [0.1, 0.15) is 5.56 Å². The Bertz CT molecular complexity index is 406. The minimum absolute atomic E-state index is 0.345. The van der Waals surface area contributed by atoms with E-state index < -0.39 is 0 Å². The van der Waals surface area contributed by atoms with Crippen LogP contribution in [0.5, 0.6) is 5.75 Å². The maximum absolute atomic E-state index is 8.94. The van der Waals surface area contributed by atoms with Crippen molar-refractivity contribution in [3.05, 3.63) is 17.8 Å². The minimum Gasteiger partial charge on any atom is -0.495 e. The summed E-state index contributed by atoms with van der Waals surface area (Å²) in [5.41, 5.74) is 0.345. The topological polar surface area (TPSA) is 61.5 Å². The van der Waals surface area contributed by atoms with E-state index in [0.29, 0.717) is 17.1 Å². The number of nitrogens with zero attached hydrogens (tertiary/aromatic N) is 4. The van der Waals surface area contributed by atoms with Gasteiger partial charge in [-0.1, -0.05) is 0 Å². The molecule has 0 aliphatic rings. The van der Waals surface area contributed by atoms with Crippen molar-refractivity contribution >= 4 is 12.2 Å². The smallest absolute Gasteiger partial charge is 0.175 e. The van der Waals surface area contributed by atoms with E-state index in [1.165, 1.54) is 7.11 Å². The maximum atomic E-state index is 8.94. The van der Waals surface area contributed by atoms with Gasteiger partial charge in [0.2, 0.25) is 0 Å². The van der Waals surface area contributed by atoms with Crippen molar-refractivity contribution in [2.24, 2.45) is 4.99 Å². The molecule has 0 aliphatic heterocycles. The Kier molecular flexibility index (Phi) is 3.63. The number of hydrogen-bond acceptors (Lipinski definition) is 4. The van der Waals surface area contributed by atoms with Crippen molar-refractivity contribution < 1.29 is 4.74 Å². The molecule has 15 heavy (non-hydrogen) atoms. The number of aliphatic imine (C=N–C) groups is 1. The summed E-state index contributed by atoms with van der Waals surface area (Å²) in [7, 11) is 5.20. The number of aromatic nitrogens is 1. The van der Waals surface area contributed by atoms with Crippen LogP contribution in [0.2, 0.25) is 0 Å². The Labute approximate surface area is 88.6 Å². The molecule has 0 saturated heterocycles. The van der Waals surface area contributed by atoms with E-state index in [1.54, 1.807) is 23.5 Å². The third-order valence-corrected chi connectivity index (χ3v) is 1.64. The van der Waals surface area contributed by atoms with Crippen LogP contribution in [0.15, 0.2) is 17.3 Å². The number of nitriles is 1. The Hall–Kier alpha value is -2.09. The molecule has 0 radical (unpaired) electrons. The van der Waals surface area contributed by atoms with Gasteiger partial charge in [0.1, 0.15) is 17.4 Å². The van der Waals surface area contributed by atoms with Crippen LogP contribution < -0.4 is 4.74 Å². The lowest BCUT2D eigenvalue weighted by atomic mass is 10.2. The first-order valence-corrected chi connectivity index (χ1v) is 4.32. The average molecular weight is 204 g/mol. The van der Waals surface area contributed by atoms with Crippen molar-refractivity contribution in [3.63, 3.8) is 0 Å². The van der Waals surface area contributed by atoms with Gasteiger partial charge in [0.25, 0.3) is 0 Å². The molecule has 0 aliphatic carbocycles. The molecule has 0 aromatic carbocycles. The molecular weight excluding hydrogens is 192 g/mol. The molecule has 0 bridgehead atoms. The van der Waals surface area contributed by atoms with E-state index in [0.717, 1.165) is 0 Å². The molecule has 1 rings (SSSR count). The van der Waals surface area contributed by atoms with Gasteiger partial charge >= 0.3 is 0 Å². The van der Waals surface area contributed by atoms with Crippen molar-refractivity contribution in [1.29, 1.82) is 5.26 Å². The quantitative estimate of drug-likeness (QED) is 0.548. The number of pyridine rings is 1. The highest BCUT2D eigenvalue weighted by atomic mass is 16.5. The summed E-state index contributed by atoms with van der Waals surface area (Å²) in [5.74, 6) is 0.851. The Morgan fingerprint density at radius 3 is 2.87 bits per heavy atom. The lowest BCUT2D eigenvalue weighted by molar-refractivity contribution is 0.413. The first-order chi connectivity index (χ1) is 7.19. The second-order valence-electron chi connectivity index (χ2n) is 3.03. The zero-order valence-electron chi connectivity index (χ0n) is 8.93.